The molecule has 0 spiro atoms. The molecular formula is C30H33N5O2. The van der Waals surface area contributed by atoms with E-state index in [0.717, 1.165) is 34.6 Å². The summed E-state index contributed by atoms with van der Waals surface area (Å²) in [6.07, 6.45) is 0.800. The first-order valence-corrected chi connectivity index (χ1v) is 12.6. The van der Waals surface area contributed by atoms with Crippen LogP contribution in [0.3, 0.4) is 0 Å². The van der Waals surface area contributed by atoms with Crippen LogP contribution in [-0.4, -0.2) is 39.7 Å². The van der Waals surface area contributed by atoms with Gasteiger partial charge in [-0.1, -0.05) is 87.5 Å². The molecule has 0 aliphatic heterocycles. The van der Waals surface area contributed by atoms with Gasteiger partial charge in [0.25, 0.3) is 0 Å². The molecular weight excluding hydrogens is 462 g/mol. The average molecular weight is 496 g/mol. The van der Waals surface area contributed by atoms with Gasteiger partial charge in [-0.15, -0.1) is 0 Å². The lowest BCUT2D eigenvalue weighted by molar-refractivity contribution is -0.116. The molecule has 3 aromatic carbocycles. The van der Waals surface area contributed by atoms with Gasteiger partial charge in [-0.05, 0) is 36.1 Å². The highest BCUT2D eigenvalue weighted by Crippen LogP contribution is 2.25. The summed E-state index contributed by atoms with van der Waals surface area (Å²) in [4.78, 5) is 28.0. The quantitative estimate of drug-likeness (QED) is 0.289. The van der Waals surface area contributed by atoms with Crippen LogP contribution in [0.4, 0.5) is 16.3 Å². The molecule has 7 nitrogen and oxygen atoms in total. The van der Waals surface area contributed by atoms with Crippen molar-refractivity contribution in [3.63, 3.8) is 0 Å². The number of aryl methyl sites for hydroxylation is 1. The zero-order chi connectivity index (χ0) is 26.2. The van der Waals surface area contributed by atoms with E-state index in [1.807, 2.05) is 112 Å². The van der Waals surface area contributed by atoms with E-state index >= 15 is 0 Å². The summed E-state index contributed by atoms with van der Waals surface area (Å²) in [5, 5.41) is 10.7. The van der Waals surface area contributed by atoms with Gasteiger partial charge in [-0.2, -0.15) is 5.10 Å². The van der Waals surface area contributed by atoms with Crippen LogP contribution in [0.2, 0.25) is 0 Å². The van der Waals surface area contributed by atoms with Crippen molar-refractivity contribution in [2.24, 2.45) is 5.92 Å². The predicted octanol–water partition coefficient (Wildman–Crippen LogP) is 6.23. The van der Waals surface area contributed by atoms with E-state index in [2.05, 4.69) is 10.6 Å². The number of carbonyl (C=O) groups excluding carboxylic acids is 2. The first-order valence-electron chi connectivity index (χ1n) is 12.6. The number of benzene rings is 3. The largest absolute Gasteiger partial charge is 0.322 e. The second-order valence-corrected chi connectivity index (χ2v) is 9.29. The second kappa shape index (κ2) is 12.0. The van der Waals surface area contributed by atoms with Gasteiger partial charge in [0.2, 0.25) is 5.91 Å². The molecule has 1 aromatic heterocycles. The number of rotatable bonds is 9. The fourth-order valence-corrected chi connectivity index (χ4v) is 4.15. The summed E-state index contributed by atoms with van der Waals surface area (Å²) in [6, 6.07) is 28.7. The van der Waals surface area contributed by atoms with E-state index in [4.69, 9.17) is 5.10 Å². The first-order chi connectivity index (χ1) is 17.9. The van der Waals surface area contributed by atoms with E-state index in [-0.39, 0.29) is 24.4 Å². The fourth-order valence-electron chi connectivity index (χ4n) is 4.15. The zero-order valence-electron chi connectivity index (χ0n) is 21.5. The molecule has 0 radical (unpaired) electrons. The van der Waals surface area contributed by atoms with E-state index in [1.54, 1.807) is 9.58 Å². The van der Waals surface area contributed by atoms with Crippen molar-refractivity contribution in [1.29, 1.82) is 0 Å². The van der Waals surface area contributed by atoms with Crippen LogP contribution in [0.15, 0.2) is 91.0 Å². The molecule has 2 N–H and O–H groups in total. The van der Waals surface area contributed by atoms with Gasteiger partial charge in [0, 0.05) is 23.9 Å². The van der Waals surface area contributed by atoms with Crippen LogP contribution in [0, 0.1) is 5.92 Å². The standard InChI is InChI=1S/C30H33N5O2/c1-4-23-13-11-12-18-26(23)31-30(37)34(20-22(2)3)21-29(36)32-28-19-27(24-14-7-5-8-15-24)33-35(28)25-16-9-6-10-17-25/h5-19,22H,4,20-21H2,1-3H3,(H,31,37)(H,32,36). The lowest BCUT2D eigenvalue weighted by atomic mass is 10.1. The normalized spacial score (nSPS) is 10.8. The Hall–Kier alpha value is -4.39. The number of urea groups is 1. The topological polar surface area (TPSA) is 79.3 Å². The van der Waals surface area contributed by atoms with Crippen molar-refractivity contribution in [1.82, 2.24) is 14.7 Å². The Morgan fingerprint density at radius 2 is 1.54 bits per heavy atom. The molecule has 4 aromatic rings. The monoisotopic (exact) mass is 495 g/mol. The van der Waals surface area contributed by atoms with Crippen LogP contribution >= 0.6 is 0 Å². The Kier molecular flexibility index (Phi) is 8.36. The van der Waals surface area contributed by atoms with Gasteiger partial charge < -0.3 is 15.5 Å². The molecule has 37 heavy (non-hydrogen) atoms. The highest BCUT2D eigenvalue weighted by atomic mass is 16.2. The molecule has 4 rings (SSSR count). The van der Waals surface area contributed by atoms with Gasteiger partial charge in [-0.3, -0.25) is 4.79 Å². The smallest absolute Gasteiger partial charge is 0.315 e. The lowest BCUT2D eigenvalue weighted by Crippen LogP contribution is -2.42. The summed E-state index contributed by atoms with van der Waals surface area (Å²) in [7, 11) is 0. The van der Waals surface area contributed by atoms with E-state index in [9.17, 15) is 9.59 Å². The summed E-state index contributed by atoms with van der Waals surface area (Å²) in [5.41, 5.74) is 4.33. The van der Waals surface area contributed by atoms with Crippen LogP contribution in [0.25, 0.3) is 16.9 Å². The van der Waals surface area contributed by atoms with Crippen molar-refractivity contribution in [2.45, 2.75) is 27.2 Å². The molecule has 0 saturated heterocycles. The van der Waals surface area contributed by atoms with Crippen molar-refractivity contribution in [3.8, 4) is 16.9 Å². The Morgan fingerprint density at radius 1 is 0.892 bits per heavy atom. The number of carbonyl (C=O) groups is 2. The lowest BCUT2D eigenvalue weighted by Gasteiger charge is -2.25. The number of nitrogens with zero attached hydrogens (tertiary/aromatic N) is 3. The number of nitrogens with one attached hydrogen (secondary N) is 2. The van der Waals surface area contributed by atoms with Gasteiger partial charge in [0.1, 0.15) is 12.4 Å². The molecule has 0 bridgehead atoms. The summed E-state index contributed by atoms with van der Waals surface area (Å²) in [5.74, 6) is 0.437. The zero-order valence-corrected chi connectivity index (χ0v) is 21.5. The minimum absolute atomic E-state index is 0.0844. The maximum Gasteiger partial charge on any atom is 0.322 e. The summed E-state index contributed by atoms with van der Waals surface area (Å²) in [6.45, 7) is 6.45. The fraction of sp³-hybridized carbons (Fsp3) is 0.233. The number of aromatic nitrogens is 2. The molecule has 0 unspecified atom stereocenters. The molecule has 0 fully saturated rings. The van der Waals surface area contributed by atoms with Gasteiger partial charge in [0.05, 0.1) is 11.4 Å². The number of para-hydroxylation sites is 2. The van der Waals surface area contributed by atoms with E-state index < -0.39 is 0 Å². The highest BCUT2D eigenvalue weighted by molar-refractivity contribution is 5.97. The molecule has 0 aliphatic rings. The number of hydrogen-bond donors (Lipinski definition) is 2. The van der Waals surface area contributed by atoms with Crippen LogP contribution < -0.4 is 10.6 Å². The number of anilines is 2. The van der Waals surface area contributed by atoms with Gasteiger partial charge >= 0.3 is 6.03 Å². The Balaban J connectivity index is 1.55. The van der Waals surface area contributed by atoms with Crippen molar-refractivity contribution in [2.75, 3.05) is 23.7 Å². The van der Waals surface area contributed by atoms with Crippen molar-refractivity contribution >= 4 is 23.4 Å². The highest BCUT2D eigenvalue weighted by Gasteiger charge is 2.21. The third-order valence-corrected chi connectivity index (χ3v) is 5.89. The Morgan fingerprint density at radius 3 is 2.22 bits per heavy atom. The molecule has 1 heterocycles. The SMILES string of the molecule is CCc1ccccc1NC(=O)N(CC(=O)Nc1cc(-c2ccccc2)nn1-c1ccccc1)CC(C)C. The van der Waals surface area contributed by atoms with Crippen molar-refractivity contribution in [3.05, 3.63) is 96.6 Å². The minimum atomic E-state index is -0.300. The maximum absolute atomic E-state index is 13.2. The first kappa shape index (κ1) is 25.7. The predicted molar refractivity (Wildman–Crippen MR) is 149 cm³/mol. The molecule has 7 heteroatoms. The van der Waals surface area contributed by atoms with Crippen LogP contribution in [0.1, 0.15) is 26.3 Å². The number of hydrogen-bond acceptors (Lipinski definition) is 3. The summed E-state index contributed by atoms with van der Waals surface area (Å²) >= 11 is 0. The molecule has 0 atom stereocenters. The van der Waals surface area contributed by atoms with Gasteiger partial charge in [-0.25, -0.2) is 9.48 Å². The second-order valence-electron chi connectivity index (χ2n) is 9.29. The van der Waals surface area contributed by atoms with Crippen molar-refractivity contribution < 1.29 is 9.59 Å². The van der Waals surface area contributed by atoms with Crippen LogP contribution in [0.5, 0.6) is 0 Å². The molecule has 190 valence electrons. The third kappa shape index (κ3) is 6.64. The Labute approximate surface area is 218 Å². The van der Waals surface area contributed by atoms with Gasteiger partial charge in [0.15, 0.2) is 0 Å². The molecule has 0 aliphatic carbocycles. The van der Waals surface area contributed by atoms with Crippen LogP contribution in [-0.2, 0) is 11.2 Å². The molecule has 0 saturated carbocycles. The third-order valence-electron chi connectivity index (χ3n) is 5.89. The summed E-state index contributed by atoms with van der Waals surface area (Å²) < 4.78 is 1.71. The molecule has 3 amide bonds. The average Bonchev–Trinajstić information content (AvgIpc) is 3.33. The minimum Gasteiger partial charge on any atom is -0.315 e. The maximum atomic E-state index is 13.2. The van der Waals surface area contributed by atoms with E-state index in [1.165, 1.54) is 0 Å². The number of amides is 3. The van der Waals surface area contributed by atoms with E-state index in [0.29, 0.717) is 12.4 Å². The Bertz CT molecular complexity index is 1330.